The van der Waals surface area contributed by atoms with E-state index >= 15 is 0 Å². The van der Waals surface area contributed by atoms with Crippen LogP contribution in [-0.4, -0.2) is 99.8 Å². The van der Waals surface area contributed by atoms with Crippen molar-refractivity contribution in [3.05, 3.63) is 59.4 Å². The van der Waals surface area contributed by atoms with Crippen LogP contribution in [0.3, 0.4) is 0 Å². The summed E-state index contributed by atoms with van der Waals surface area (Å²) in [5.74, 6) is -4.40. The van der Waals surface area contributed by atoms with E-state index < -0.39 is 70.3 Å². The number of β-lactam (4-membered cyclic amide) rings is 1. The summed E-state index contributed by atoms with van der Waals surface area (Å²) in [7, 11) is -5.01. The summed E-state index contributed by atoms with van der Waals surface area (Å²) in [6, 6.07) is 9.40. The lowest BCUT2D eigenvalue weighted by Crippen LogP contribution is -2.68. The third-order valence-corrected chi connectivity index (χ3v) is 8.51. The number of aliphatic carboxylic acids is 1. The van der Waals surface area contributed by atoms with Crippen molar-refractivity contribution in [3.63, 3.8) is 0 Å². The smallest absolute Gasteiger partial charge is 0.418 e. The molecule has 0 aliphatic carbocycles. The Balaban J connectivity index is 1.41. The second kappa shape index (κ2) is 15.7. The first-order chi connectivity index (χ1) is 23.5. The van der Waals surface area contributed by atoms with Gasteiger partial charge in [0.2, 0.25) is 0 Å². The number of oxime groups is 1. The maximum absolute atomic E-state index is 13.3. The highest BCUT2D eigenvalue weighted by Gasteiger charge is 2.57. The van der Waals surface area contributed by atoms with Gasteiger partial charge < -0.3 is 37.2 Å². The first kappa shape index (κ1) is 37.8. The zero-order chi connectivity index (χ0) is 36.8. The quantitative estimate of drug-likeness (QED) is 0.0460. The fourth-order valence-electron chi connectivity index (χ4n) is 4.64. The molecule has 1 aliphatic heterocycles. The second-order valence-electron chi connectivity index (χ2n) is 11.3. The van der Waals surface area contributed by atoms with Crippen molar-refractivity contribution in [1.82, 2.24) is 20.3 Å². The number of carbonyl (C=O) groups is 4. The van der Waals surface area contributed by atoms with E-state index in [0.29, 0.717) is 10.6 Å². The summed E-state index contributed by atoms with van der Waals surface area (Å²) < 4.78 is 41.1. The number of anilines is 1. The lowest BCUT2D eigenvalue weighted by atomic mass is 9.74. The summed E-state index contributed by atoms with van der Waals surface area (Å²) in [6.45, 7) is 2.66. The number of benzene rings is 1. The van der Waals surface area contributed by atoms with Crippen LogP contribution in [0.5, 0.6) is 5.75 Å². The SMILES string of the molecule is CC1(C)[C@H](CC(=O)/C(=N\OC(COc2ccc(-c3ccc(C(=O)NC(CN)CN)nc3)cc2)C(=O)O)c2csc(N)n2)C(=O)N1OS(=O)(=O)O. The van der Waals surface area contributed by atoms with Gasteiger partial charge >= 0.3 is 16.4 Å². The fourth-order valence-corrected chi connectivity index (χ4v) is 5.64. The predicted molar refractivity (Wildman–Crippen MR) is 177 cm³/mol. The van der Waals surface area contributed by atoms with Gasteiger partial charge in [-0.25, -0.2) is 9.78 Å². The largest absolute Gasteiger partial charge is 0.489 e. The molecule has 4 rings (SSSR count). The van der Waals surface area contributed by atoms with Gasteiger partial charge in [-0.1, -0.05) is 23.4 Å². The minimum absolute atomic E-state index is 0.0489. The van der Waals surface area contributed by atoms with Gasteiger partial charge in [-0.05, 0) is 37.6 Å². The van der Waals surface area contributed by atoms with E-state index in [1.54, 1.807) is 36.4 Å². The maximum atomic E-state index is 13.3. The molecule has 19 nitrogen and oxygen atoms in total. The molecule has 9 N–H and O–H groups in total. The normalized spacial score (nSPS) is 16.4. The van der Waals surface area contributed by atoms with Gasteiger partial charge in [0.1, 0.15) is 23.7 Å². The van der Waals surface area contributed by atoms with Crippen molar-refractivity contribution in [2.45, 2.75) is 38.0 Å². The first-order valence-corrected chi connectivity index (χ1v) is 16.9. The van der Waals surface area contributed by atoms with Crippen LogP contribution in [0.2, 0.25) is 0 Å². The Kier molecular flexibility index (Phi) is 11.8. The number of hydroxylamine groups is 2. The van der Waals surface area contributed by atoms with Crippen LogP contribution in [0.4, 0.5) is 5.13 Å². The molecule has 2 amide bonds. The number of carboxylic acid groups (broad SMARTS) is 1. The molecule has 2 atom stereocenters. The summed E-state index contributed by atoms with van der Waals surface area (Å²) in [6.07, 6.45) is -0.710. The fraction of sp³-hybridized carbons (Fsp3) is 0.345. The number of ketones is 1. The number of nitrogens with two attached hydrogens (primary N) is 3. The van der Waals surface area contributed by atoms with E-state index in [2.05, 4.69) is 24.7 Å². The zero-order valence-corrected chi connectivity index (χ0v) is 28.2. The third kappa shape index (κ3) is 9.13. The number of amides is 2. The highest BCUT2D eigenvalue weighted by molar-refractivity contribution is 7.80. The molecule has 1 aromatic carbocycles. The number of hydrogen-bond donors (Lipinski definition) is 6. The molecular formula is C29H34N8O11S2. The molecule has 3 heterocycles. The Labute approximate surface area is 289 Å². The molecule has 0 bridgehead atoms. The molecule has 0 saturated carbocycles. The van der Waals surface area contributed by atoms with Crippen molar-refractivity contribution in [2.75, 3.05) is 25.4 Å². The number of ether oxygens (including phenoxy) is 1. The van der Waals surface area contributed by atoms with Crippen molar-refractivity contribution >= 4 is 56.1 Å². The Morgan fingerprint density at radius 3 is 2.28 bits per heavy atom. The van der Waals surface area contributed by atoms with Crippen LogP contribution in [0.1, 0.15) is 36.5 Å². The Bertz CT molecular complexity index is 1860. The van der Waals surface area contributed by atoms with E-state index in [9.17, 15) is 32.7 Å². The number of nitrogens with zero attached hydrogens (tertiary/aromatic N) is 4. The van der Waals surface area contributed by atoms with Gasteiger partial charge in [-0.3, -0.25) is 23.9 Å². The molecule has 1 unspecified atom stereocenters. The molecule has 0 spiro atoms. The van der Waals surface area contributed by atoms with E-state index in [1.165, 1.54) is 25.4 Å². The van der Waals surface area contributed by atoms with Gasteiger partial charge in [0.05, 0.1) is 17.5 Å². The molecule has 21 heteroatoms. The van der Waals surface area contributed by atoms with Crippen LogP contribution in [0, 0.1) is 5.92 Å². The summed E-state index contributed by atoms with van der Waals surface area (Å²) in [4.78, 5) is 63.6. The van der Waals surface area contributed by atoms with Gasteiger partial charge in [-0.15, -0.1) is 15.6 Å². The number of nitrogens with one attached hydrogen (secondary N) is 1. The molecule has 1 aliphatic rings. The lowest BCUT2D eigenvalue weighted by Gasteiger charge is -2.50. The Hall–Kier alpha value is -5.06. The monoisotopic (exact) mass is 734 g/mol. The van der Waals surface area contributed by atoms with Crippen molar-refractivity contribution in [1.29, 1.82) is 0 Å². The highest BCUT2D eigenvalue weighted by atomic mass is 32.3. The predicted octanol–water partition coefficient (Wildman–Crippen LogP) is -0.0134. The van der Waals surface area contributed by atoms with E-state index in [-0.39, 0.29) is 41.4 Å². The van der Waals surface area contributed by atoms with Crippen LogP contribution < -0.4 is 27.3 Å². The molecule has 2 aromatic heterocycles. The summed E-state index contributed by atoms with van der Waals surface area (Å²) in [5.41, 5.74) is 16.6. The second-order valence-corrected chi connectivity index (χ2v) is 13.2. The third-order valence-electron chi connectivity index (χ3n) is 7.50. The lowest BCUT2D eigenvalue weighted by molar-refractivity contribution is -0.228. The minimum Gasteiger partial charge on any atom is -0.489 e. The van der Waals surface area contributed by atoms with E-state index in [4.69, 9.17) is 31.3 Å². The van der Waals surface area contributed by atoms with Crippen LogP contribution in [-0.2, 0) is 33.9 Å². The maximum Gasteiger partial charge on any atom is 0.418 e. The number of Topliss-reactive ketones (excluding diaryl/α,β-unsaturated/α-hetero) is 1. The number of nitrogen functional groups attached to an aromatic ring is 1. The van der Waals surface area contributed by atoms with E-state index in [1.807, 2.05) is 0 Å². The van der Waals surface area contributed by atoms with Crippen LogP contribution in [0.25, 0.3) is 11.1 Å². The van der Waals surface area contributed by atoms with Gasteiger partial charge in [-0.2, -0.15) is 13.5 Å². The standard InChI is InChI=1S/C29H34N8O11S2/c1-29(2)19(26(40)37(29)48-50(43,44)45)9-22(38)24(21-14-49-28(32)35-21)36-47-23(27(41)42)13-46-18-6-3-15(4-7-18)16-5-8-20(33-12-16)25(39)34-17(10-30)11-31/h3-8,12,14,17,19,23H,9-11,13,30-31H2,1-2H3,(H2,32,35)(H,34,39)(H,41,42)(H,43,44,45)/b36-24-/t19-,23?/m1/s1. The van der Waals surface area contributed by atoms with Gasteiger partial charge in [0.15, 0.2) is 16.6 Å². The van der Waals surface area contributed by atoms with Crippen molar-refractivity contribution < 1.29 is 51.1 Å². The number of carboxylic acids is 1. The van der Waals surface area contributed by atoms with Crippen molar-refractivity contribution in [2.24, 2.45) is 22.5 Å². The number of thiazole rings is 1. The summed E-state index contributed by atoms with van der Waals surface area (Å²) >= 11 is 0.966. The summed E-state index contributed by atoms with van der Waals surface area (Å²) in [5, 5.41) is 18.1. The molecular weight excluding hydrogens is 700 g/mol. The molecule has 0 radical (unpaired) electrons. The topological polar surface area (TPSA) is 302 Å². The molecule has 1 fully saturated rings. The van der Waals surface area contributed by atoms with Crippen LogP contribution >= 0.6 is 11.3 Å². The van der Waals surface area contributed by atoms with E-state index in [0.717, 1.165) is 16.9 Å². The number of aromatic nitrogens is 2. The number of pyridine rings is 1. The molecule has 268 valence electrons. The number of hydrogen-bond acceptors (Lipinski definition) is 16. The highest BCUT2D eigenvalue weighted by Crippen LogP contribution is 2.40. The van der Waals surface area contributed by atoms with Gasteiger partial charge in [0.25, 0.3) is 17.9 Å². The number of rotatable bonds is 17. The number of carbonyl (C=O) groups excluding carboxylic acids is 3. The molecule has 1 saturated heterocycles. The van der Waals surface area contributed by atoms with Crippen LogP contribution in [0.15, 0.2) is 53.1 Å². The Morgan fingerprint density at radius 1 is 1.10 bits per heavy atom. The van der Waals surface area contributed by atoms with Gasteiger partial charge in [0, 0.05) is 36.7 Å². The average molecular weight is 735 g/mol. The Morgan fingerprint density at radius 2 is 1.76 bits per heavy atom. The minimum atomic E-state index is -5.01. The molecule has 50 heavy (non-hydrogen) atoms. The zero-order valence-electron chi connectivity index (χ0n) is 26.6. The first-order valence-electron chi connectivity index (χ1n) is 14.7. The van der Waals surface area contributed by atoms with Crippen molar-refractivity contribution in [3.8, 4) is 16.9 Å². The molecule has 3 aromatic rings. The average Bonchev–Trinajstić information content (AvgIpc) is 3.51.